The van der Waals surface area contributed by atoms with Crippen LogP contribution in [-0.4, -0.2) is 41.4 Å². The molecule has 2 aromatic rings. The zero-order valence-corrected chi connectivity index (χ0v) is 14.8. The molecule has 2 heterocycles. The Morgan fingerprint density at radius 3 is 2.59 bits per heavy atom. The molecule has 120 valence electrons. The number of rotatable bonds is 6. The fourth-order valence-corrected chi connectivity index (χ4v) is 5.54. The zero-order valence-electron chi connectivity index (χ0n) is 12.3. The molecule has 0 saturated heterocycles. The number of carbonyl (C=O) groups is 1. The number of hydrogen-bond acceptors (Lipinski definition) is 6. The van der Waals surface area contributed by atoms with Gasteiger partial charge < -0.3 is 5.11 Å². The van der Waals surface area contributed by atoms with Crippen LogP contribution in [0.25, 0.3) is 10.6 Å². The van der Waals surface area contributed by atoms with E-state index in [1.54, 1.807) is 19.9 Å². The highest BCUT2D eigenvalue weighted by molar-refractivity contribution is 7.91. The number of hydrogen-bond donors (Lipinski definition) is 1. The third kappa shape index (κ3) is 3.54. The van der Waals surface area contributed by atoms with Crippen LogP contribution in [0.1, 0.15) is 18.9 Å². The first-order valence-electron chi connectivity index (χ1n) is 6.48. The molecular weight excluding hydrogens is 344 g/mol. The van der Waals surface area contributed by atoms with Crippen LogP contribution in [0, 0.1) is 6.92 Å². The summed E-state index contributed by atoms with van der Waals surface area (Å²) in [7, 11) is -3.83. The second-order valence-electron chi connectivity index (χ2n) is 4.91. The Morgan fingerprint density at radius 1 is 1.41 bits per heavy atom. The Labute approximate surface area is 137 Å². The number of nitrogens with zero attached hydrogens (tertiary/aromatic N) is 2. The van der Waals surface area contributed by atoms with Crippen molar-refractivity contribution >= 4 is 38.7 Å². The summed E-state index contributed by atoms with van der Waals surface area (Å²) in [5, 5.41) is 11.7. The number of carboxylic acid groups (broad SMARTS) is 1. The van der Waals surface area contributed by atoms with Crippen LogP contribution in [0.4, 0.5) is 0 Å². The Hall–Kier alpha value is -1.29. The van der Waals surface area contributed by atoms with Gasteiger partial charge in [-0.3, -0.25) is 4.79 Å². The molecule has 0 aliphatic heterocycles. The third-order valence-corrected chi connectivity index (χ3v) is 7.25. The van der Waals surface area contributed by atoms with Crippen molar-refractivity contribution < 1.29 is 18.3 Å². The summed E-state index contributed by atoms with van der Waals surface area (Å²) in [6.45, 7) is 4.63. The van der Waals surface area contributed by atoms with Gasteiger partial charge in [0.2, 0.25) is 0 Å². The highest BCUT2D eigenvalue weighted by atomic mass is 32.2. The molecule has 0 bridgehead atoms. The minimum atomic E-state index is -3.83. The highest BCUT2D eigenvalue weighted by Crippen LogP contribution is 2.33. The molecule has 0 radical (unpaired) electrons. The van der Waals surface area contributed by atoms with E-state index >= 15 is 0 Å². The van der Waals surface area contributed by atoms with Crippen LogP contribution in [0.5, 0.6) is 0 Å². The SMILES string of the molecule is Cc1nc(-c2ccc(S(=O)(=O)N(CC(=O)O)C(C)C)s2)cs1. The molecule has 0 fully saturated rings. The maximum atomic E-state index is 12.6. The summed E-state index contributed by atoms with van der Waals surface area (Å²) in [4.78, 5) is 16.0. The first-order chi connectivity index (χ1) is 10.2. The number of aromatic nitrogens is 1. The first-order valence-corrected chi connectivity index (χ1v) is 9.61. The van der Waals surface area contributed by atoms with Gasteiger partial charge in [-0.1, -0.05) is 0 Å². The Balaban J connectivity index is 2.37. The number of thiophene rings is 1. The molecule has 0 aliphatic rings. The molecule has 0 saturated carbocycles. The van der Waals surface area contributed by atoms with Crippen LogP contribution in [0.2, 0.25) is 0 Å². The standard InChI is InChI=1S/C13H16N2O4S3/c1-8(2)15(6-12(16)17)22(18,19)13-5-4-11(21-13)10-7-20-9(3)14-10/h4-5,7-8H,6H2,1-3H3,(H,16,17). The predicted octanol–water partition coefficient (Wildman–Crippen LogP) is 2.66. The summed E-state index contributed by atoms with van der Waals surface area (Å²) >= 11 is 2.59. The molecule has 2 aromatic heterocycles. The molecule has 0 aromatic carbocycles. The van der Waals surface area contributed by atoms with E-state index in [1.807, 2.05) is 12.3 Å². The lowest BCUT2D eigenvalue weighted by atomic mass is 10.4. The molecule has 0 amide bonds. The second-order valence-corrected chi connectivity index (χ2v) is 9.17. The fraction of sp³-hybridized carbons (Fsp3) is 0.385. The maximum absolute atomic E-state index is 12.6. The molecule has 0 spiro atoms. The summed E-state index contributed by atoms with van der Waals surface area (Å²) in [5.74, 6) is -1.18. The van der Waals surface area contributed by atoms with Crippen molar-refractivity contribution in [1.82, 2.24) is 9.29 Å². The van der Waals surface area contributed by atoms with Gasteiger partial charge in [-0.15, -0.1) is 22.7 Å². The van der Waals surface area contributed by atoms with Gasteiger partial charge in [-0.2, -0.15) is 4.31 Å². The van der Waals surface area contributed by atoms with Gasteiger partial charge >= 0.3 is 5.97 Å². The lowest BCUT2D eigenvalue weighted by molar-refractivity contribution is -0.137. The topological polar surface area (TPSA) is 87.6 Å². The number of aliphatic carboxylic acids is 1. The average Bonchev–Trinajstić information content (AvgIpc) is 3.03. The van der Waals surface area contributed by atoms with Gasteiger partial charge in [0.15, 0.2) is 0 Å². The average molecular weight is 360 g/mol. The van der Waals surface area contributed by atoms with Gasteiger partial charge in [-0.05, 0) is 32.9 Å². The van der Waals surface area contributed by atoms with Crippen molar-refractivity contribution in [3.8, 4) is 10.6 Å². The van der Waals surface area contributed by atoms with Gasteiger partial charge in [-0.25, -0.2) is 13.4 Å². The van der Waals surface area contributed by atoms with E-state index < -0.39 is 28.6 Å². The molecule has 6 nitrogen and oxygen atoms in total. The van der Waals surface area contributed by atoms with Crippen molar-refractivity contribution in [2.75, 3.05) is 6.54 Å². The largest absolute Gasteiger partial charge is 0.480 e. The highest BCUT2D eigenvalue weighted by Gasteiger charge is 2.30. The number of aryl methyl sites for hydroxylation is 1. The third-order valence-electron chi connectivity index (χ3n) is 2.88. The van der Waals surface area contributed by atoms with E-state index in [4.69, 9.17) is 5.11 Å². The monoisotopic (exact) mass is 360 g/mol. The summed E-state index contributed by atoms with van der Waals surface area (Å²) in [6.07, 6.45) is 0. The smallest absolute Gasteiger partial charge is 0.318 e. The van der Waals surface area contributed by atoms with Crippen molar-refractivity contribution in [1.29, 1.82) is 0 Å². The minimum absolute atomic E-state index is 0.128. The fourth-order valence-electron chi connectivity index (χ4n) is 1.87. The van der Waals surface area contributed by atoms with Crippen LogP contribution in [0.3, 0.4) is 0 Å². The molecule has 0 unspecified atom stereocenters. The Morgan fingerprint density at radius 2 is 2.09 bits per heavy atom. The summed E-state index contributed by atoms with van der Waals surface area (Å²) in [5.41, 5.74) is 0.739. The van der Waals surface area contributed by atoms with Crippen LogP contribution in [-0.2, 0) is 14.8 Å². The molecule has 22 heavy (non-hydrogen) atoms. The summed E-state index contributed by atoms with van der Waals surface area (Å²) in [6, 6.07) is 2.76. The summed E-state index contributed by atoms with van der Waals surface area (Å²) < 4.78 is 26.3. The molecular formula is C13H16N2O4S3. The van der Waals surface area contributed by atoms with E-state index in [2.05, 4.69) is 4.98 Å². The van der Waals surface area contributed by atoms with E-state index in [1.165, 1.54) is 17.4 Å². The maximum Gasteiger partial charge on any atom is 0.318 e. The predicted molar refractivity (Wildman–Crippen MR) is 86.8 cm³/mol. The van der Waals surface area contributed by atoms with E-state index in [9.17, 15) is 13.2 Å². The Kier molecular flexibility index (Phi) is 5.00. The second kappa shape index (κ2) is 6.45. The number of carboxylic acids is 1. The zero-order chi connectivity index (χ0) is 16.5. The lowest BCUT2D eigenvalue weighted by Crippen LogP contribution is -2.40. The van der Waals surface area contributed by atoms with E-state index in [0.717, 1.165) is 31.2 Å². The minimum Gasteiger partial charge on any atom is -0.480 e. The van der Waals surface area contributed by atoms with Gasteiger partial charge in [0.05, 0.1) is 15.6 Å². The quantitative estimate of drug-likeness (QED) is 0.856. The van der Waals surface area contributed by atoms with E-state index in [0.29, 0.717) is 0 Å². The normalized spacial score (nSPS) is 12.2. The molecule has 2 rings (SSSR count). The van der Waals surface area contributed by atoms with Crippen LogP contribution in [0.15, 0.2) is 21.7 Å². The molecule has 0 atom stereocenters. The van der Waals surface area contributed by atoms with E-state index in [-0.39, 0.29) is 4.21 Å². The van der Waals surface area contributed by atoms with Crippen molar-refractivity contribution in [2.45, 2.75) is 31.0 Å². The molecule has 9 heteroatoms. The molecule has 1 N–H and O–H groups in total. The van der Waals surface area contributed by atoms with Gasteiger partial charge in [0.1, 0.15) is 10.8 Å². The molecule has 0 aliphatic carbocycles. The van der Waals surface area contributed by atoms with Crippen molar-refractivity contribution in [3.05, 3.63) is 22.5 Å². The van der Waals surface area contributed by atoms with Crippen molar-refractivity contribution in [3.63, 3.8) is 0 Å². The van der Waals surface area contributed by atoms with Gasteiger partial charge in [0, 0.05) is 11.4 Å². The van der Waals surface area contributed by atoms with Crippen LogP contribution >= 0.6 is 22.7 Å². The Bertz CT molecular complexity index is 777. The number of thiazole rings is 1. The van der Waals surface area contributed by atoms with Crippen LogP contribution < -0.4 is 0 Å². The number of sulfonamides is 1. The first kappa shape index (κ1) is 17.1. The van der Waals surface area contributed by atoms with Crippen molar-refractivity contribution in [2.24, 2.45) is 0 Å². The lowest BCUT2D eigenvalue weighted by Gasteiger charge is -2.23. The van der Waals surface area contributed by atoms with Gasteiger partial charge in [0.25, 0.3) is 10.0 Å².